The van der Waals surface area contributed by atoms with Crippen molar-refractivity contribution < 1.29 is 0 Å². The Hall–Kier alpha value is -8.98. The number of nitrogens with zero attached hydrogens (tertiary/aromatic N) is 2. The van der Waals surface area contributed by atoms with E-state index in [0.29, 0.717) is 0 Å². The summed E-state index contributed by atoms with van der Waals surface area (Å²) in [6.07, 6.45) is 8.98. The largest absolute Gasteiger partial charge is 0.310 e. The normalized spacial score (nSPS) is 13.8. The molecule has 2 aliphatic carbocycles. The quantitative estimate of drug-likeness (QED) is 0.126. The Morgan fingerprint density at radius 3 is 1.01 bits per heavy atom. The minimum atomic E-state index is -0.180. The number of hydrogen-bond donors (Lipinski definition) is 0. The maximum atomic E-state index is 2.43. The van der Waals surface area contributed by atoms with Gasteiger partial charge in [0.1, 0.15) is 0 Å². The molecular formula is C74H60N2. The van der Waals surface area contributed by atoms with Gasteiger partial charge in [-0.3, -0.25) is 0 Å². The second kappa shape index (κ2) is 18.4. The molecule has 13 rings (SSSR count). The molecule has 0 saturated carbocycles. The molecule has 2 heteroatoms. The van der Waals surface area contributed by atoms with Gasteiger partial charge in [0.05, 0.1) is 11.4 Å². The van der Waals surface area contributed by atoms with E-state index in [-0.39, 0.29) is 10.8 Å². The zero-order valence-corrected chi connectivity index (χ0v) is 44.1. The molecule has 0 atom stereocenters. The van der Waals surface area contributed by atoms with E-state index >= 15 is 0 Å². The first-order valence-electron chi connectivity index (χ1n) is 26.7. The van der Waals surface area contributed by atoms with E-state index in [2.05, 4.69) is 306 Å². The standard InChI is InChI=1S/C74H60N2/c1-49-21-35-57(36-22-49)75(71-19-11-15-55-13-7-9-17-61(55)71)59-39-43-65-63-41-33-53(45-67(63)73(3,4)69(65)47-59)31-29-51-25-27-52(28-26-51)30-32-54-34-42-64-66-44-40-60(48-70(66)74(5,6)68(64)46-54)76(58-37-23-50(2)24-38-58)72-20-12-16-56-14-8-10-18-62(56)72/h7-48H,1-6H3. The van der Waals surface area contributed by atoms with E-state index in [4.69, 9.17) is 0 Å². The SMILES string of the molecule is Cc1ccc(N(c2ccc3c(c2)C(C)(C)c2cc(C=Cc4ccc(C=Cc5ccc6c(c5)C(C)(C)c5cc(N(c7ccc(C)cc7)c7cccc8ccccc78)ccc5-6)cc4)ccc2-3)c2cccc3ccccc23)cc1. The molecule has 2 nitrogen and oxygen atoms in total. The van der Waals surface area contributed by atoms with E-state index in [0.717, 1.165) is 22.7 Å². The summed E-state index contributed by atoms with van der Waals surface area (Å²) in [6, 6.07) is 85.4. The molecule has 0 spiro atoms. The molecule has 0 radical (unpaired) electrons. The number of aryl methyl sites for hydroxylation is 2. The third-order valence-electron chi connectivity index (χ3n) is 16.4. The molecule has 0 heterocycles. The smallest absolute Gasteiger partial charge is 0.0540 e. The van der Waals surface area contributed by atoms with Crippen molar-refractivity contribution in [2.45, 2.75) is 52.4 Å². The summed E-state index contributed by atoms with van der Waals surface area (Å²) in [5.74, 6) is 0. The monoisotopic (exact) mass is 976 g/mol. The van der Waals surface area contributed by atoms with Crippen molar-refractivity contribution in [3.63, 3.8) is 0 Å². The van der Waals surface area contributed by atoms with Crippen LogP contribution in [0.3, 0.4) is 0 Å². The predicted octanol–water partition coefficient (Wildman–Crippen LogP) is 20.5. The van der Waals surface area contributed by atoms with E-state index < -0.39 is 0 Å². The van der Waals surface area contributed by atoms with Gasteiger partial charge in [-0.05, 0) is 152 Å². The first kappa shape index (κ1) is 46.8. The van der Waals surface area contributed by atoms with Gasteiger partial charge in [-0.25, -0.2) is 0 Å². The highest BCUT2D eigenvalue weighted by Crippen LogP contribution is 2.53. The molecule has 0 unspecified atom stereocenters. The van der Waals surface area contributed by atoms with E-state index in [1.54, 1.807) is 0 Å². The van der Waals surface area contributed by atoms with Gasteiger partial charge in [0.15, 0.2) is 0 Å². The van der Waals surface area contributed by atoms with Gasteiger partial charge in [0.25, 0.3) is 0 Å². The van der Waals surface area contributed by atoms with Crippen molar-refractivity contribution in [2.75, 3.05) is 9.80 Å². The second-order valence-electron chi connectivity index (χ2n) is 22.0. The Kier molecular flexibility index (Phi) is 11.4. The van der Waals surface area contributed by atoms with Crippen LogP contribution in [0.5, 0.6) is 0 Å². The van der Waals surface area contributed by atoms with Crippen molar-refractivity contribution >= 4 is 80.0 Å². The second-order valence-corrected chi connectivity index (χ2v) is 22.0. The lowest BCUT2D eigenvalue weighted by Gasteiger charge is -2.29. The van der Waals surface area contributed by atoms with Crippen LogP contribution in [0.15, 0.2) is 231 Å². The molecule has 0 fully saturated rings. The van der Waals surface area contributed by atoms with Crippen LogP contribution in [0, 0.1) is 13.8 Å². The molecule has 0 bridgehead atoms. The summed E-state index contributed by atoms with van der Waals surface area (Å²) >= 11 is 0. The molecule has 366 valence electrons. The van der Waals surface area contributed by atoms with Gasteiger partial charge in [0, 0.05) is 44.4 Å². The van der Waals surface area contributed by atoms with Crippen LogP contribution in [0.1, 0.15) is 83.3 Å². The molecule has 0 saturated heterocycles. The summed E-state index contributed by atoms with van der Waals surface area (Å²) in [7, 11) is 0. The van der Waals surface area contributed by atoms with Crippen molar-refractivity contribution in [3.8, 4) is 22.3 Å². The molecule has 11 aromatic carbocycles. The predicted molar refractivity (Wildman–Crippen MR) is 326 cm³/mol. The first-order valence-corrected chi connectivity index (χ1v) is 26.7. The van der Waals surface area contributed by atoms with E-state index in [9.17, 15) is 0 Å². The average molecular weight is 977 g/mol. The van der Waals surface area contributed by atoms with Crippen LogP contribution in [0.4, 0.5) is 34.1 Å². The molecule has 0 amide bonds. The average Bonchev–Trinajstić information content (AvgIpc) is 3.82. The number of rotatable bonds is 10. The van der Waals surface area contributed by atoms with Crippen LogP contribution in [0.25, 0.3) is 68.1 Å². The van der Waals surface area contributed by atoms with Gasteiger partial charge >= 0.3 is 0 Å². The van der Waals surface area contributed by atoms with Crippen molar-refractivity contribution in [1.29, 1.82) is 0 Å². The summed E-state index contributed by atoms with van der Waals surface area (Å²) in [6.45, 7) is 13.8. The minimum Gasteiger partial charge on any atom is -0.310 e. The van der Waals surface area contributed by atoms with Gasteiger partial charge in [-0.15, -0.1) is 0 Å². The van der Waals surface area contributed by atoms with Crippen molar-refractivity contribution in [1.82, 2.24) is 0 Å². The molecule has 76 heavy (non-hydrogen) atoms. The summed E-state index contributed by atoms with van der Waals surface area (Å²) < 4.78 is 0. The number of anilines is 6. The lowest BCUT2D eigenvalue weighted by atomic mass is 9.81. The molecular weight excluding hydrogens is 917 g/mol. The highest BCUT2D eigenvalue weighted by Gasteiger charge is 2.38. The van der Waals surface area contributed by atoms with Crippen LogP contribution in [-0.2, 0) is 10.8 Å². The van der Waals surface area contributed by atoms with Crippen LogP contribution in [0.2, 0.25) is 0 Å². The zero-order valence-electron chi connectivity index (χ0n) is 44.1. The Morgan fingerprint density at radius 2 is 0.605 bits per heavy atom. The Labute approximate surface area is 448 Å². The Balaban J connectivity index is 0.728. The molecule has 0 aliphatic heterocycles. The van der Waals surface area contributed by atoms with Crippen molar-refractivity contribution in [3.05, 3.63) is 286 Å². The summed E-state index contributed by atoms with van der Waals surface area (Å²) in [5, 5.41) is 4.93. The zero-order chi connectivity index (χ0) is 51.7. The number of benzene rings is 11. The third-order valence-corrected chi connectivity index (χ3v) is 16.4. The fourth-order valence-electron chi connectivity index (χ4n) is 12.1. The van der Waals surface area contributed by atoms with Crippen LogP contribution in [-0.4, -0.2) is 0 Å². The maximum absolute atomic E-state index is 2.43. The third kappa shape index (κ3) is 8.13. The van der Waals surface area contributed by atoms with Gasteiger partial charge < -0.3 is 9.80 Å². The number of hydrogen-bond acceptors (Lipinski definition) is 2. The van der Waals surface area contributed by atoms with Crippen LogP contribution >= 0.6 is 0 Å². The minimum absolute atomic E-state index is 0.180. The first-order chi connectivity index (χ1) is 37.0. The molecule has 11 aromatic rings. The van der Waals surface area contributed by atoms with Crippen molar-refractivity contribution in [2.24, 2.45) is 0 Å². The van der Waals surface area contributed by atoms with E-state index in [1.807, 2.05) is 0 Å². The Bertz CT molecular complexity index is 3830. The van der Waals surface area contributed by atoms with Gasteiger partial charge in [-0.2, -0.15) is 0 Å². The Morgan fingerprint density at radius 1 is 0.289 bits per heavy atom. The van der Waals surface area contributed by atoms with E-state index in [1.165, 1.54) is 111 Å². The molecule has 0 N–H and O–H groups in total. The lowest BCUT2D eigenvalue weighted by Crippen LogP contribution is -2.17. The highest BCUT2D eigenvalue weighted by molar-refractivity contribution is 6.01. The topological polar surface area (TPSA) is 6.48 Å². The lowest BCUT2D eigenvalue weighted by molar-refractivity contribution is 0.660. The van der Waals surface area contributed by atoms with Crippen LogP contribution < -0.4 is 9.80 Å². The van der Waals surface area contributed by atoms with Gasteiger partial charge in [0.2, 0.25) is 0 Å². The summed E-state index contributed by atoms with van der Waals surface area (Å²) in [5.41, 5.74) is 24.5. The molecule has 0 aromatic heterocycles. The highest BCUT2D eigenvalue weighted by atomic mass is 15.1. The molecule has 2 aliphatic rings. The summed E-state index contributed by atoms with van der Waals surface area (Å²) in [4.78, 5) is 4.85. The van der Waals surface area contributed by atoms with Gasteiger partial charge in [-0.1, -0.05) is 233 Å². The maximum Gasteiger partial charge on any atom is 0.0540 e. The number of fused-ring (bicyclic) bond motifs is 8. The fourth-order valence-corrected chi connectivity index (χ4v) is 12.1. The fraction of sp³-hybridized carbons (Fsp3) is 0.108.